The second-order valence-electron chi connectivity index (χ2n) is 6.06. The number of aryl methyl sites for hydroxylation is 1. The highest BCUT2D eigenvalue weighted by Gasteiger charge is 2.14. The van der Waals surface area contributed by atoms with Gasteiger partial charge in [-0.1, -0.05) is 0 Å². The molecule has 0 aliphatic heterocycles. The first-order valence-corrected chi connectivity index (χ1v) is 8.64. The van der Waals surface area contributed by atoms with Gasteiger partial charge in [0.05, 0.1) is 18.5 Å². The minimum Gasteiger partial charge on any atom is -0.497 e. The molecule has 0 saturated heterocycles. The molecular formula is C20H19N5O2. The SMILES string of the molecule is CCn1c(-c2cc(NC(=O)c3ccncc3)n[nH]2)cc2cc(OC)ccc21. The molecule has 7 nitrogen and oxygen atoms in total. The Hall–Kier alpha value is -3.61. The number of carbonyl (C=O) groups is 1. The summed E-state index contributed by atoms with van der Waals surface area (Å²) in [6.07, 6.45) is 3.16. The number of aromatic amines is 1. The minimum absolute atomic E-state index is 0.226. The van der Waals surface area contributed by atoms with Gasteiger partial charge in [0.2, 0.25) is 0 Å². The number of aromatic nitrogens is 4. The summed E-state index contributed by atoms with van der Waals surface area (Å²) in [5.41, 5.74) is 3.48. The van der Waals surface area contributed by atoms with Gasteiger partial charge in [0.25, 0.3) is 5.91 Å². The van der Waals surface area contributed by atoms with E-state index in [4.69, 9.17) is 4.74 Å². The highest BCUT2D eigenvalue weighted by Crippen LogP contribution is 2.30. The van der Waals surface area contributed by atoms with Crippen molar-refractivity contribution in [2.75, 3.05) is 12.4 Å². The third-order valence-corrected chi connectivity index (χ3v) is 4.46. The lowest BCUT2D eigenvalue weighted by Gasteiger charge is -2.06. The molecule has 0 radical (unpaired) electrons. The predicted molar refractivity (Wildman–Crippen MR) is 104 cm³/mol. The number of amides is 1. The fourth-order valence-corrected chi connectivity index (χ4v) is 3.15. The minimum atomic E-state index is -0.226. The van der Waals surface area contributed by atoms with Gasteiger partial charge in [0.1, 0.15) is 5.75 Å². The Morgan fingerprint density at radius 1 is 1.19 bits per heavy atom. The Labute approximate surface area is 156 Å². The van der Waals surface area contributed by atoms with Crippen molar-refractivity contribution in [3.63, 3.8) is 0 Å². The number of methoxy groups -OCH3 is 1. The van der Waals surface area contributed by atoms with E-state index < -0.39 is 0 Å². The number of hydrogen-bond acceptors (Lipinski definition) is 4. The number of nitrogens with zero attached hydrogens (tertiary/aromatic N) is 3. The molecule has 7 heteroatoms. The summed E-state index contributed by atoms with van der Waals surface area (Å²) in [5, 5.41) is 11.1. The van der Waals surface area contributed by atoms with E-state index in [0.717, 1.165) is 34.6 Å². The van der Waals surface area contributed by atoms with Crippen molar-refractivity contribution < 1.29 is 9.53 Å². The lowest BCUT2D eigenvalue weighted by Crippen LogP contribution is -2.11. The maximum atomic E-state index is 12.3. The molecule has 0 bridgehead atoms. The van der Waals surface area contributed by atoms with Crippen LogP contribution in [-0.2, 0) is 6.54 Å². The standard InChI is InChI=1S/C20H19N5O2/c1-3-25-17-5-4-15(27-2)10-14(17)11-18(25)16-12-19(24-23-16)22-20(26)13-6-8-21-9-7-13/h4-12H,3H2,1-2H3,(H2,22,23,24,26). The van der Waals surface area contributed by atoms with Crippen LogP contribution in [-0.4, -0.2) is 32.8 Å². The zero-order valence-electron chi connectivity index (χ0n) is 15.1. The summed E-state index contributed by atoms with van der Waals surface area (Å²) in [6, 6.07) is 13.2. The predicted octanol–water partition coefficient (Wildman–Crippen LogP) is 3.71. The van der Waals surface area contributed by atoms with E-state index in [-0.39, 0.29) is 5.91 Å². The molecule has 0 aliphatic carbocycles. The van der Waals surface area contributed by atoms with Crippen molar-refractivity contribution in [2.24, 2.45) is 0 Å². The molecule has 0 atom stereocenters. The second-order valence-corrected chi connectivity index (χ2v) is 6.06. The largest absolute Gasteiger partial charge is 0.497 e. The molecule has 1 aromatic carbocycles. The average molecular weight is 361 g/mol. The van der Waals surface area contributed by atoms with Crippen LogP contribution in [0.25, 0.3) is 22.3 Å². The third-order valence-electron chi connectivity index (χ3n) is 4.46. The smallest absolute Gasteiger partial charge is 0.256 e. The van der Waals surface area contributed by atoms with Crippen molar-refractivity contribution in [3.8, 4) is 17.1 Å². The molecule has 0 saturated carbocycles. The first-order chi connectivity index (χ1) is 13.2. The van der Waals surface area contributed by atoms with Crippen molar-refractivity contribution in [3.05, 3.63) is 60.4 Å². The van der Waals surface area contributed by atoms with Crippen molar-refractivity contribution in [1.29, 1.82) is 0 Å². The number of pyridine rings is 1. The molecule has 0 spiro atoms. The van der Waals surface area contributed by atoms with E-state index in [2.05, 4.69) is 38.1 Å². The second kappa shape index (κ2) is 6.95. The maximum absolute atomic E-state index is 12.3. The summed E-state index contributed by atoms with van der Waals surface area (Å²) in [4.78, 5) is 16.2. The third kappa shape index (κ3) is 3.15. The number of anilines is 1. The van der Waals surface area contributed by atoms with Gasteiger partial charge in [-0.3, -0.25) is 14.9 Å². The van der Waals surface area contributed by atoms with Crippen LogP contribution < -0.4 is 10.1 Å². The Morgan fingerprint density at radius 2 is 2.00 bits per heavy atom. The van der Waals surface area contributed by atoms with Crippen molar-refractivity contribution >= 4 is 22.6 Å². The Kier molecular flexibility index (Phi) is 4.33. The number of rotatable bonds is 5. The van der Waals surface area contributed by atoms with Crippen LogP contribution >= 0.6 is 0 Å². The first kappa shape index (κ1) is 16.8. The number of nitrogens with one attached hydrogen (secondary N) is 2. The van der Waals surface area contributed by atoms with Crippen molar-refractivity contribution in [1.82, 2.24) is 19.7 Å². The summed E-state index contributed by atoms with van der Waals surface area (Å²) < 4.78 is 7.51. The zero-order chi connectivity index (χ0) is 18.8. The van der Waals surface area contributed by atoms with E-state index in [1.807, 2.05) is 24.3 Å². The zero-order valence-corrected chi connectivity index (χ0v) is 15.1. The van der Waals surface area contributed by atoms with Crippen LogP contribution in [0, 0.1) is 0 Å². The molecule has 136 valence electrons. The van der Waals surface area contributed by atoms with E-state index in [1.54, 1.807) is 31.6 Å². The highest BCUT2D eigenvalue weighted by molar-refractivity contribution is 6.03. The number of H-pyrrole nitrogens is 1. The summed E-state index contributed by atoms with van der Waals surface area (Å²) in [7, 11) is 1.66. The van der Waals surface area contributed by atoms with E-state index >= 15 is 0 Å². The number of fused-ring (bicyclic) bond motifs is 1. The fraction of sp³-hybridized carbons (Fsp3) is 0.150. The van der Waals surface area contributed by atoms with E-state index in [1.165, 1.54) is 0 Å². The van der Waals surface area contributed by atoms with Gasteiger partial charge in [-0.15, -0.1) is 0 Å². The molecule has 0 unspecified atom stereocenters. The maximum Gasteiger partial charge on any atom is 0.256 e. The normalized spacial score (nSPS) is 10.9. The molecular weight excluding hydrogens is 342 g/mol. The topological polar surface area (TPSA) is 84.8 Å². The monoisotopic (exact) mass is 361 g/mol. The molecule has 3 heterocycles. The number of benzene rings is 1. The molecule has 3 aromatic heterocycles. The van der Waals surface area contributed by atoms with Crippen molar-refractivity contribution in [2.45, 2.75) is 13.5 Å². The van der Waals surface area contributed by atoms with Crippen LogP contribution in [0.4, 0.5) is 5.82 Å². The molecule has 27 heavy (non-hydrogen) atoms. The summed E-state index contributed by atoms with van der Waals surface area (Å²) in [6.45, 7) is 2.90. The van der Waals surface area contributed by atoms with E-state index in [0.29, 0.717) is 11.4 Å². The molecule has 0 fully saturated rings. The van der Waals surface area contributed by atoms with Crippen LogP contribution in [0.1, 0.15) is 17.3 Å². The van der Waals surface area contributed by atoms with Gasteiger partial charge in [-0.05, 0) is 43.3 Å². The number of ether oxygens (including phenoxy) is 1. The number of hydrogen-bond donors (Lipinski definition) is 2. The van der Waals surface area contributed by atoms with Gasteiger partial charge in [-0.2, -0.15) is 5.10 Å². The molecule has 4 aromatic rings. The summed E-state index contributed by atoms with van der Waals surface area (Å²) >= 11 is 0. The summed E-state index contributed by atoms with van der Waals surface area (Å²) in [5.74, 6) is 1.06. The van der Waals surface area contributed by atoms with Gasteiger partial charge >= 0.3 is 0 Å². The lowest BCUT2D eigenvalue weighted by atomic mass is 10.2. The Bertz CT molecular complexity index is 1100. The average Bonchev–Trinajstić information content (AvgIpc) is 3.31. The van der Waals surface area contributed by atoms with Crippen LogP contribution in [0.5, 0.6) is 5.75 Å². The highest BCUT2D eigenvalue weighted by atomic mass is 16.5. The van der Waals surface area contributed by atoms with Crippen LogP contribution in [0.2, 0.25) is 0 Å². The quantitative estimate of drug-likeness (QED) is 0.567. The van der Waals surface area contributed by atoms with Crippen LogP contribution in [0.15, 0.2) is 54.9 Å². The van der Waals surface area contributed by atoms with Gasteiger partial charge in [0.15, 0.2) is 5.82 Å². The van der Waals surface area contributed by atoms with Crippen LogP contribution in [0.3, 0.4) is 0 Å². The lowest BCUT2D eigenvalue weighted by molar-refractivity contribution is 0.102. The first-order valence-electron chi connectivity index (χ1n) is 8.64. The number of carbonyl (C=O) groups excluding carboxylic acids is 1. The van der Waals surface area contributed by atoms with Gasteiger partial charge in [0, 0.05) is 41.5 Å². The van der Waals surface area contributed by atoms with Gasteiger partial charge in [-0.25, -0.2) is 0 Å². The Balaban J connectivity index is 1.65. The molecule has 4 rings (SSSR count). The van der Waals surface area contributed by atoms with E-state index in [9.17, 15) is 4.79 Å². The fourth-order valence-electron chi connectivity index (χ4n) is 3.15. The molecule has 2 N–H and O–H groups in total. The molecule has 0 aliphatic rings. The Morgan fingerprint density at radius 3 is 2.74 bits per heavy atom. The van der Waals surface area contributed by atoms with Gasteiger partial charge < -0.3 is 14.6 Å². The molecule has 1 amide bonds.